The summed E-state index contributed by atoms with van der Waals surface area (Å²) in [4.78, 5) is 0. The Morgan fingerprint density at radius 3 is 2.27 bits per heavy atom. The van der Waals surface area contributed by atoms with E-state index in [-0.39, 0.29) is 6.54 Å². The molecule has 2 atom stereocenters. The minimum absolute atomic E-state index is 0.0706. The normalized spacial score (nSPS) is 35.8. The van der Waals surface area contributed by atoms with Crippen LogP contribution in [0, 0.1) is 11.8 Å². The van der Waals surface area contributed by atoms with Crippen molar-refractivity contribution in [2.75, 3.05) is 19.6 Å². The minimum atomic E-state index is -4.03. The van der Waals surface area contributed by atoms with Crippen LogP contribution in [0.5, 0.6) is 0 Å². The second kappa shape index (κ2) is 4.29. The number of rotatable bonds is 3. The van der Waals surface area contributed by atoms with Gasteiger partial charge in [-0.2, -0.15) is 13.2 Å². The number of hydrogen-bond donors (Lipinski definition) is 2. The van der Waals surface area contributed by atoms with Crippen molar-refractivity contribution in [3.63, 3.8) is 0 Å². The molecule has 0 spiro atoms. The molecular weight excluding hydrogens is 205 g/mol. The molecule has 15 heavy (non-hydrogen) atoms. The lowest BCUT2D eigenvalue weighted by Crippen LogP contribution is -2.49. The maximum atomic E-state index is 12.0. The van der Waals surface area contributed by atoms with Crippen LogP contribution in [0.4, 0.5) is 13.2 Å². The molecule has 1 saturated carbocycles. The van der Waals surface area contributed by atoms with Gasteiger partial charge in [0.15, 0.2) is 0 Å². The topological polar surface area (TPSA) is 24.1 Å². The van der Waals surface area contributed by atoms with Gasteiger partial charge in [-0.15, -0.1) is 0 Å². The lowest BCUT2D eigenvalue weighted by Gasteiger charge is -2.31. The van der Waals surface area contributed by atoms with Crippen molar-refractivity contribution in [3.8, 4) is 0 Å². The van der Waals surface area contributed by atoms with Gasteiger partial charge in [0, 0.05) is 12.6 Å². The summed E-state index contributed by atoms with van der Waals surface area (Å²) < 4.78 is 35.9. The summed E-state index contributed by atoms with van der Waals surface area (Å²) in [5.74, 6) is 1.08. The maximum absolute atomic E-state index is 12.0. The SMILES string of the molecule is FC(F)(F)CCNC1[C@@H]2CC[C@@H]1CNC2. The van der Waals surface area contributed by atoms with E-state index in [9.17, 15) is 13.2 Å². The molecule has 5 heteroatoms. The predicted molar refractivity (Wildman–Crippen MR) is 51.5 cm³/mol. The molecule has 0 aromatic carbocycles. The third kappa shape index (κ3) is 2.84. The van der Waals surface area contributed by atoms with E-state index in [4.69, 9.17) is 0 Å². The Bertz CT molecular complexity index is 201. The van der Waals surface area contributed by atoms with Gasteiger partial charge in [0.25, 0.3) is 0 Å². The molecule has 2 aliphatic rings. The number of alkyl halides is 3. The second-order valence-corrected chi connectivity index (χ2v) is 4.60. The second-order valence-electron chi connectivity index (χ2n) is 4.60. The van der Waals surface area contributed by atoms with Crippen LogP contribution < -0.4 is 10.6 Å². The predicted octanol–water partition coefficient (Wildman–Crippen LogP) is 1.53. The Morgan fingerprint density at radius 2 is 1.73 bits per heavy atom. The summed E-state index contributed by atoms with van der Waals surface area (Å²) in [6, 6.07) is 0.314. The van der Waals surface area contributed by atoms with Crippen molar-refractivity contribution >= 4 is 0 Å². The van der Waals surface area contributed by atoms with E-state index in [1.54, 1.807) is 0 Å². The molecule has 1 aliphatic heterocycles. The molecule has 1 aliphatic carbocycles. The molecule has 2 nitrogen and oxygen atoms in total. The van der Waals surface area contributed by atoms with E-state index in [2.05, 4.69) is 10.6 Å². The number of halogens is 3. The van der Waals surface area contributed by atoms with Crippen LogP contribution in [-0.2, 0) is 0 Å². The molecule has 0 amide bonds. The first-order chi connectivity index (χ1) is 7.06. The average molecular weight is 222 g/mol. The van der Waals surface area contributed by atoms with Crippen molar-refractivity contribution in [2.45, 2.75) is 31.5 Å². The van der Waals surface area contributed by atoms with Crippen LogP contribution >= 0.6 is 0 Å². The van der Waals surface area contributed by atoms with Gasteiger partial charge in [0.1, 0.15) is 0 Å². The average Bonchev–Trinajstić information content (AvgIpc) is 2.38. The third-order valence-electron chi connectivity index (χ3n) is 3.53. The first kappa shape index (κ1) is 11.2. The number of nitrogens with one attached hydrogen (secondary N) is 2. The van der Waals surface area contributed by atoms with Crippen molar-refractivity contribution in [2.24, 2.45) is 11.8 Å². The lowest BCUT2D eigenvalue weighted by molar-refractivity contribution is -0.133. The molecule has 0 aromatic heterocycles. The molecule has 2 rings (SSSR count). The van der Waals surface area contributed by atoms with Gasteiger partial charge in [-0.3, -0.25) is 0 Å². The summed E-state index contributed by atoms with van der Waals surface area (Å²) in [6.07, 6.45) is -2.43. The Morgan fingerprint density at radius 1 is 1.13 bits per heavy atom. The van der Waals surface area contributed by atoms with Crippen molar-refractivity contribution < 1.29 is 13.2 Å². The van der Waals surface area contributed by atoms with Crippen molar-refractivity contribution in [3.05, 3.63) is 0 Å². The van der Waals surface area contributed by atoms with Gasteiger partial charge < -0.3 is 10.6 Å². The summed E-state index contributed by atoms with van der Waals surface area (Å²) in [7, 11) is 0. The van der Waals surface area contributed by atoms with E-state index in [0.29, 0.717) is 17.9 Å². The highest BCUT2D eigenvalue weighted by Crippen LogP contribution is 2.33. The number of hydrogen-bond acceptors (Lipinski definition) is 2. The number of fused-ring (bicyclic) bond motifs is 2. The van der Waals surface area contributed by atoms with Gasteiger partial charge in [-0.05, 0) is 37.8 Å². The van der Waals surface area contributed by atoms with Gasteiger partial charge in [0.05, 0.1) is 6.42 Å². The van der Waals surface area contributed by atoms with E-state index in [0.717, 1.165) is 25.9 Å². The van der Waals surface area contributed by atoms with Crippen molar-refractivity contribution in [1.82, 2.24) is 10.6 Å². The minimum Gasteiger partial charge on any atom is -0.316 e. The summed E-state index contributed by atoms with van der Waals surface area (Å²) >= 11 is 0. The monoisotopic (exact) mass is 222 g/mol. The summed E-state index contributed by atoms with van der Waals surface area (Å²) in [6.45, 7) is 1.99. The standard InChI is InChI=1S/C10H17F3N2/c11-10(12,13)3-4-15-9-7-1-2-8(9)6-14-5-7/h7-9,14-15H,1-6H2/t7-,8-/m1/s1. The van der Waals surface area contributed by atoms with E-state index in [1.165, 1.54) is 0 Å². The smallest absolute Gasteiger partial charge is 0.316 e. The fraction of sp³-hybridized carbons (Fsp3) is 1.00. The molecule has 0 unspecified atom stereocenters. The fourth-order valence-corrected chi connectivity index (χ4v) is 2.80. The zero-order chi connectivity index (χ0) is 10.9. The maximum Gasteiger partial charge on any atom is 0.390 e. The fourth-order valence-electron chi connectivity index (χ4n) is 2.80. The summed E-state index contributed by atoms with van der Waals surface area (Å²) in [5.41, 5.74) is 0. The van der Waals surface area contributed by atoms with Gasteiger partial charge in [0.2, 0.25) is 0 Å². The first-order valence-corrected chi connectivity index (χ1v) is 5.57. The Kier molecular flexibility index (Phi) is 3.21. The first-order valence-electron chi connectivity index (χ1n) is 5.57. The van der Waals surface area contributed by atoms with Crippen molar-refractivity contribution in [1.29, 1.82) is 0 Å². The van der Waals surface area contributed by atoms with Crippen LogP contribution in [0.15, 0.2) is 0 Å². The molecule has 1 saturated heterocycles. The van der Waals surface area contributed by atoms with Crippen LogP contribution in [-0.4, -0.2) is 31.9 Å². The zero-order valence-corrected chi connectivity index (χ0v) is 8.61. The Balaban J connectivity index is 1.75. The Hall–Kier alpha value is -0.290. The van der Waals surface area contributed by atoms with Gasteiger partial charge >= 0.3 is 6.18 Å². The largest absolute Gasteiger partial charge is 0.390 e. The third-order valence-corrected chi connectivity index (χ3v) is 3.53. The van der Waals surface area contributed by atoms with Crippen LogP contribution in [0.25, 0.3) is 0 Å². The quantitative estimate of drug-likeness (QED) is 0.756. The van der Waals surface area contributed by atoms with Crippen LogP contribution in [0.3, 0.4) is 0 Å². The molecule has 1 heterocycles. The molecule has 88 valence electrons. The highest BCUT2D eigenvalue weighted by Gasteiger charge is 2.38. The molecule has 0 radical (unpaired) electrons. The highest BCUT2D eigenvalue weighted by molar-refractivity contribution is 4.95. The molecular formula is C10H17F3N2. The molecule has 2 bridgehead atoms. The van der Waals surface area contributed by atoms with Gasteiger partial charge in [-0.25, -0.2) is 0 Å². The zero-order valence-electron chi connectivity index (χ0n) is 8.61. The highest BCUT2D eigenvalue weighted by atomic mass is 19.4. The van der Waals surface area contributed by atoms with Crippen LogP contribution in [0.1, 0.15) is 19.3 Å². The Labute approximate surface area is 87.6 Å². The summed E-state index contributed by atoms with van der Waals surface area (Å²) in [5, 5.41) is 6.40. The van der Waals surface area contributed by atoms with Gasteiger partial charge in [-0.1, -0.05) is 0 Å². The van der Waals surface area contributed by atoms with E-state index < -0.39 is 12.6 Å². The lowest BCUT2D eigenvalue weighted by atomic mass is 9.93. The van der Waals surface area contributed by atoms with Crippen LogP contribution in [0.2, 0.25) is 0 Å². The molecule has 2 fully saturated rings. The van der Waals surface area contributed by atoms with E-state index in [1.807, 2.05) is 0 Å². The van der Waals surface area contributed by atoms with E-state index >= 15 is 0 Å². The molecule has 0 aromatic rings. The molecule has 2 N–H and O–H groups in total. The number of piperidine rings is 1.